The van der Waals surface area contributed by atoms with E-state index in [0.29, 0.717) is 50.8 Å². The molecule has 2 aromatic carbocycles. The molecule has 0 aliphatic carbocycles. The number of halogens is 3. The van der Waals surface area contributed by atoms with Gasteiger partial charge in [-0.05, 0) is 41.8 Å². The van der Waals surface area contributed by atoms with Gasteiger partial charge >= 0.3 is 0 Å². The van der Waals surface area contributed by atoms with Gasteiger partial charge in [0.15, 0.2) is 5.82 Å². The van der Waals surface area contributed by atoms with Crippen LogP contribution >= 0.6 is 35.1 Å². The number of aliphatic hydroxyl groups is 1. The Labute approximate surface area is 209 Å². The van der Waals surface area contributed by atoms with Gasteiger partial charge in [0, 0.05) is 41.5 Å². The van der Waals surface area contributed by atoms with Crippen molar-refractivity contribution in [2.24, 2.45) is 0 Å². The van der Waals surface area contributed by atoms with Gasteiger partial charge in [0.2, 0.25) is 5.95 Å². The second kappa shape index (κ2) is 10.7. The monoisotopic (exact) mass is 522 g/mol. The molecule has 0 aliphatic heterocycles. The van der Waals surface area contributed by atoms with Gasteiger partial charge in [0.1, 0.15) is 17.0 Å². The van der Waals surface area contributed by atoms with E-state index in [2.05, 4.69) is 20.0 Å². The molecular weight excluding hydrogens is 502 g/mol. The number of nitrogens with one attached hydrogen (secondary N) is 2. The van der Waals surface area contributed by atoms with Crippen molar-refractivity contribution in [3.63, 3.8) is 0 Å². The number of rotatable bonds is 9. The zero-order valence-corrected chi connectivity index (χ0v) is 20.3. The van der Waals surface area contributed by atoms with Crippen LogP contribution in [0.4, 0.5) is 21.8 Å². The molecule has 0 fully saturated rings. The normalized spacial score (nSPS) is 11.2. The molecular formula is C22H21Cl2FN6O2S. The Morgan fingerprint density at radius 3 is 2.88 bits per heavy atom. The standard InChI is InChI=1S/C22H21Cl2FN6O2S/c1-33-8-6-28-22-29-19(20-21(26)27-5-7-31(20)22)14-3-2-4-15(18(14)25)30-34-16-10-13(23)9-12(11-32)17(16)24/h2-5,7,9-10,30,32H,6,8,11H2,1H3,(H2,26,27)(H,28,29). The number of methoxy groups -OCH3 is 1. The summed E-state index contributed by atoms with van der Waals surface area (Å²) in [5.41, 5.74) is 7.90. The second-order valence-corrected chi connectivity index (χ2v) is 8.80. The molecule has 5 N–H and O–H groups in total. The lowest BCUT2D eigenvalue weighted by atomic mass is 10.1. The van der Waals surface area contributed by atoms with Crippen LogP contribution in [0.15, 0.2) is 47.6 Å². The van der Waals surface area contributed by atoms with Crippen LogP contribution in [0.2, 0.25) is 10.0 Å². The first-order chi connectivity index (χ1) is 16.4. The maximum absolute atomic E-state index is 15.6. The number of nitrogens with zero attached hydrogens (tertiary/aromatic N) is 3. The molecule has 12 heteroatoms. The molecule has 0 unspecified atom stereocenters. The van der Waals surface area contributed by atoms with Crippen LogP contribution in [0, 0.1) is 5.82 Å². The van der Waals surface area contributed by atoms with Crippen LogP contribution in [0.25, 0.3) is 16.8 Å². The molecule has 0 saturated carbocycles. The maximum Gasteiger partial charge on any atom is 0.208 e. The predicted octanol–water partition coefficient (Wildman–Crippen LogP) is 5.09. The second-order valence-electron chi connectivity index (χ2n) is 7.14. The highest BCUT2D eigenvalue weighted by atomic mass is 35.5. The van der Waals surface area contributed by atoms with Gasteiger partial charge in [-0.3, -0.25) is 4.40 Å². The van der Waals surface area contributed by atoms with E-state index in [-0.39, 0.29) is 23.7 Å². The van der Waals surface area contributed by atoms with Crippen molar-refractivity contribution in [3.8, 4) is 11.3 Å². The number of nitrogens with two attached hydrogens (primary N) is 1. The van der Waals surface area contributed by atoms with E-state index in [1.54, 1.807) is 54.2 Å². The average molecular weight is 523 g/mol. The smallest absolute Gasteiger partial charge is 0.208 e. The molecule has 8 nitrogen and oxygen atoms in total. The summed E-state index contributed by atoms with van der Waals surface area (Å²) in [5, 5.41) is 13.4. The maximum atomic E-state index is 15.6. The summed E-state index contributed by atoms with van der Waals surface area (Å²) in [7, 11) is 1.60. The molecule has 2 heterocycles. The third-order valence-corrected chi connectivity index (χ3v) is 6.59. The number of fused-ring (bicyclic) bond motifs is 1. The van der Waals surface area contributed by atoms with Crippen molar-refractivity contribution in [2.45, 2.75) is 11.5 Å². The van der Waals surface area contributed by atoms with E-state index in [1.807, 2.05) is 0 Å². The summed E-state index contributed by atoms with van der Waals surface area (Å²) in [5.74, 6) is 0.187. The van der Waals surface area contributed by atoms with E-state index >= 15 is 4.39 Å². The SMILES string of the molecule is COCCNc1nc(-c2cccc(NSc3cc(Cl)cc(CO)c3Cl)c2F)c2c(N)nccn12. The number of hydrogen-bond acceptors (Lipinski definition) is 8. The van der Waals surface area contributed by atoms with Gasteiger partial charge in [0.05, 0.1) is 23.9 Å². The van der Waals surface area contributed by atoms with Crippen LogP contribution in [0.5, 0.6) is 0 Å². The van der Waals surface area contributed by atoms with Crippen molar-refractivity contribution in [1.82, 2.24) is 14.4 Å². The fourth-order valence-corrected chi connectivity index (χ4v) is 4.73. The first kappa shape index (κ1) is 24.4. The lowest BCUT2D eigenvalue weighted by Crippen LogP contribution is -2.10. The Balaban J connectivity index is 1.70. The summed E-state index contributed by atoms with van der Waals surface area (Å²) in [6.45, 7) is 0.717. The fraction of sp³-hybridized carbons (Fsp3) is 0.182. The average Bonchev–Trinajstić information content (AvgIpc) is 3.20. The van der Waals surface area contributed by atoms with Crippen molar-refractivity contribution >= 4 is 58.1 Å². The lowest BCUT2D eigenvalue weighted by molar-refractivity contribution is 0.210. The lowest BCUT2D eigenvalue weighted by Gasteiger charge is -2.12. The topological polar surface area (TPSA) is 110 Å². The highest BCUT2D eigenvalue weighted by Crippen LogP contribution is 2.37. The van der Waals surface area contributed by atoms with Crippen molar-refractivity contribution in [1.29, 1.82) is 0 Å². The Morgan fingerprint density at radius 1 is 1.29 bits per heavy atom. The predicted molar refractivity (Wildman–Crippen MR) is 135 cm³/mol. The van der Waals surface area contributed by atoms with Crippen LogP contribution in [0.3, 0.4) is 0 Å². The van der Waals surface area contributed by atoms with Crippen LogP contribution in [-0.2, 0) is 11.3 Å². The minimum Gasteiger partial charge on any atom is -0.392 e. The van der Waals surface area contributed by atoms with E-state index in [0.717, 1.165) is 11.9 Å². The fourth-order valence-electron chi connectivity index (χ4n) is 3.35. The highest BCUT2D eigenvalue weighted by molar-refractivity contribution is 8.00. The van der Waals surface area contributed by atoms with Gasteiger partial charge in [-0.25, -0.2) is 14.4 Å². The number of aromatic nitrogens is 3. The minimum atomic E-state index is -0.526. The number of anilines is 3. The van der Waals surface area contributed by atoms with Crippen LogP contribution < -0.4 is 15.8 Å². The number of ether oxygens (including phenoxy) is 1. The summed E-state index contributed by atoms with van der Waals surface area (Å²) in [4.78, 5) is 9.29. The van der Waals surface area contributed by atoms with Crippen LogP contribution in [0.1, 0.15) is 5.56 Å². The van der Waals surface area contributed by atoms with Gasteiger partial charge in [-0.15, -0.1) is 0 Å². The summed E-state index contributed by atoms with van der Waals surface area (Å²) in [6.07, 6.45) is 3.25. The van der Waals surface area contributed by atoms with E-state index in [4.69, 9.17) is 33.7 Å². The van der Waals surface area contributed by atoms with Gasteiger partial charge in [-0.2, -0.15) is 0 Å². The number of imidazole rings is 1. The molecule has 178 valence electrons. The van der Waals surface area contributed by atoms with E-state index in [9.17, 15) is 5.11 Å². The quantitative estimate of drug-likeness (QED) is 0.177. The molecule has 0 saturated heterocycles. The first-order valence-corrected chi connectivity index (χ1v) is 11.7. The molecule has 0 atom stereocenters. The number of hydrogen-bond donors (Lipinski definition) is 4. The summed E-state index contributed by atoms with van der Waals surface area (Å²) in [6, 6.07) is 8.13. The van der Waals surface area contributed by atoms with Gasteiger partial charge < -0.3 is 25.6 Å². The zero-order chi connectivity index (χ0) is 24.2. The van der Waals surface area contributed by atoms with Gasteiger partial charge in [-0.1, -0.05) is 29.3 Å². The molecule has 0 spiro atoms. The Morgan fingerprint density at radius 2 is 2.12 bits per heavy atom. The Hall–Kier alpha value is -2.76. The molecule has 4 aromatic rings. The zero-order valence-electron chi connectivity index (χ0n) is 18.0. The largest absolute Gasteiger partial charge is 0.392 e. The molecule has 34 heavy (non-hydrogen) atoms. The molecule has 0 radical (unpaired) electrons. The summed E-state index contributed by atoms with van der Waals surface area (Å²) < 4.78 is 25.4. The molecule has 0 aliphatic rings. The van der Waals surface area contributed by atoms with Crippen molar-refractivity contribution < 1.29 is 14.2 Å². The number of nitrogen functional groups attached to an aromatic ring is 1. The highest BCUT2D eigenvalue weighted by Gasteiger charge is 2.20. The number of aliphatic hydroxyl groups excluding tert-OH is 1. The van der Waals surface area contributed by atoms with Crippen molar-refractivity contribution in [3.05, 3.63) is 64.2 Å². The minimum absolute atomic E-state index is 0.210. The van der Waals surface area contributed by atoms with Gasteiger partial charge in [0.25, 0.3) is 0 Å². The molecule has 2 aromatic heterocycles. The Kier molecular flexibility index (Phi) is 7.64. The molecule has 0 bridgehead atoms. The summed E-state index contributed by atoms with van der Waals surface area (Å²) >= 11 is 13.5. The van der Waals surface area contributed by atoms with E-state index < -0.39 is 5.82 Å². The molecule has 0 amide bonds. The van der Waals surface area contributed by atoms with Crippen molar-refractivity contribution in [2.75, 3.05) is 36.0 Å². The van der Waals surface area contributed by atoms with Crippen LogP contribution in [-0.4, -0.2) is 39.7 Å². The van der Waals surface area contributed by atoms with E-state index in [1.165, 1.54) is 0 Å². The Bertz CT molecular complexity index is 1340. The first-order valence-electron chi connectivity index (χ1n) is 10.1. The third-order valence-electron chi connectivity index (χ3n) is 4.95. The molecule has 4 rings (SSSR count). The number of benzene rings is 2. The third kappa shape index (κ3) is 4.86.